The summed E-state index contributed by atoms with van der Waals surface area (Å²) in [5.74, 6) is 4.33. The lowest BCUT2D eigenvalue weighted by Crippen LogP contribution is -2.14. The third-order valence-corrected chi connectivity index (χ3v) is 11.1. The van der Waals surface area contributed by atoms with Gasteiger partial charge in [-0.15, -0.1) is 0 Å². The van der Waals surface area contributed by atoms with Crippen LogP contribution in [0.25, 0.3) is 21.5 Å². The van der Waals surface area contributed by atoms with Crippen LogP contribution in [0.5, 0.6) is 28.7 Å². The van der Waals surface area contributed by atoms with Gasteiger partial charge in [-0.1, -0.05) is 24.3 Å². The van der Waals surface area contributed by atoms with E-state index in [9.17, 15) is 0 Å². The van der Waals surface area contributed by atoms with Crippen molar-refractivity contribution in [1.29, 1.82) is 0 Å². The van der Waals surface area contributed by atoms with E-state index in [1.54, 1.807) is 0 Å². The average Bonchev–Trinajstić information content (AvgIpc) is 3.93. The first kappa shape index (κ1) is 31.2. The largest absolute Gasteiger partial charge is 0.493 e. The van der Waals surface area contributed by atoms with E-state index < -0.39 is 0 Å². The molecule has 0 saturated carbocycles. The SMILES string of the molecule is Ic1cc(C2c3c(ccc4cc(OCCC5CO5)ccc34)Oc3ccc4cc(OCCC5CO5)ccc4c32)cc(I)c1OCCC1CO1. The van der Waals surface area contributed by atoms with Crippen LogP contribution < -0.4 is 18.9 Å². The van der Waals surface area contributed by atoms with Crippen molar-refractivity contribution < 1.29 is 33.2 Å². The van der Waals surface area contributed by atoms with Gasteiger partial charge in [0.05, 0.1) is 65.1 Å². The monoisotopic (exact) mass is 868 g/mol. The fourth-order valence-electron chi connectivity index (χ4n) is 6.67. The molecule has 0 aliphatic carbocycles. The van der Waals surface area contributed by atoms with Gasteiger partial charge in [0.25, 0.3) is 0 Å². The van der Waals surface area contributed by atoms with Crippen LogP contribution in [0.15, 0.2) is 72.8 Å². The van der Waals surface area contributed by atoms with Crippen molar-refractivity contribution in [3.8, 4) is 28.7 Å². The number of hydrogen-bond donors (Lipinski definition) is 0. The molecule has 48 heavy (non-hydrogen) atoms. The first-order valence-corrected chi connectivity index (χ1v) is 18.8. The highest BCUT2D eigenvalue weighted by atomic mass is 127. The smallest absolute Gasteiger partial charge is 0.145 e. The molecule has 3 saturated heterocycles. The van der Waals surface area contributed by atoms with Crippen LogP contribution in [-0.4, -0.2) is 58.0 Å². The maximum atomic E-state index is 6.74. The second-order valence-corrected chi connectivity index (χ2v) is 15.2. The number of ether oxygens (including phenoxy) is 7. The Morgan fingerprint density at radius 3 is 1.48 bits per heavy atom. The van der Waals surface area contributed by atoms with Crippen LogP contribution >= 0.6 is 45.2 Å². The van der Waals surface area contributed by atoms with Gasteiger partial charge in [-0.2, -0.15) is 0 Å². The quantitative estimate of drug-likeness (QED) is 0.0848. The summed E-state index contributed by atoms with van der Waals surface area (Å²) in [6.07, 6.45) is 3.77. The lowest BCUT2D eigenvalue weighted by molar-refractivity contribution is 0.280. The van der Waals surface area contributed by atoms with Gasteiger partial charge in [0.1, 0.15) is 28.7 Å². The van der Waals surface area contributed by atoms with Gasteiger partial charge >= 0.3 is 0 Å². The Labute approximate surface area is 306 Å². The van der Waals surface area contributed by atoms with Crippen LogP contribution in [0, 0.1) is 7.14 Å². The molecule has 0 amide bonds. The Kier molecular flexibility index (Phi) is 8.52. The van der Waals surface area contributed by atoms with Gasteiger partial charge < -0.3 is 33.2 Å². The number of halogens is 2. The van der Waals surface area contributed by atoms with E-state index in [-0.39, 0.29) is 5.92 Å². The van der Waals surface area contributed by atoms with Crippen LogP contribution in [0.4, 0.5) is 0 Å². The molecule has 4 heterocycles. The topological polar surface area (TPSA) is 74.5 Å². The minimum Gasteiger partial charge on any atom is -0.493 e. The maximum absolute atomic E-state index is 6.74. The molecule has 9 rings (SSSR count). The molecule has 7 nitrogen and oxygen atoms in total. The van der Waals surface area contributed by atoms with Crippen molar-refractivity contribution in [1.82, 2.24) is 0 Å². The summed E-state index contributed by atoms with van der Waals surface area (Å²) in [5.41, 5.74) is 3.50. The second kappa shape index (κ2) is 13.1. The molecular formula is C39H34I2O7. The summed E-state index contributed by atoms with van der Waals surface area (Å²) in [7, 11) is 0. The predicted molar refractivity (Wildman–Crippen MR) is 200 cm³/mol. The molecule has 0 spiro atoms. The summed E-state index contributed by atoms with van der Waals surface area (Å²) in [6.45, 7) is 4.46. The van der Waals surface area contributed by atoms with Crippen LogP contribution in [0.2, 0.25) is 0 Å². The standard InChI is InChI=1S/C39H34I2O7/c40-32-17-24(18-33(41)39(32)44-14-11-29-21-47-29)36-37-30-5-3-25(42-12-9-27-19-45-27)15-22(30)1-7-34(37)48-35-8-2-23-16-26(4-6-31(23)38(35)36)43-13-10-28-20-46-28/h1-8,15-18,27-29,36H,9-14,19-21H2. The van der Waals surface area contributed by atoms with Crippen LogP contribution in [0.3, 0.4) is 0 Å². The minimum absolute atomic E-state index is 0.0790. The Morgan fingerprint density at radius 1 is 0.562 bits per heavy atom. The Bertz CT molecular complexity index is 1890. The van der Waals surface area contributed by atoms with Crippen LogP contribution in [0.1, 0.15) is 41.9 Å². The van der Waals surface area contributed by atoms with E-state index in [2.05, 4.69) is 118 Å². The normalized spacial score (nSPS) is 21.7. The number of rotatable bonds is 13. The van der Waals surface area contributed by atoms with Gasteiger partial charge in [0.15, 0.2) is 0 Å². The molecule has 3 unspecified atom stereocenters. The maximum Gasteiger partial charge on any atom is 0.145 e. The molecule has 5 aromatic carbocycles. The molecule has 4 aliphatic rings. The highest BCUT2D eigenvalue weighted by Gasteiger charge is 2.33. The van der Waals surface area contributed by atoms with E-state index in [4.69, 9.17) is 33.2 Å². The molecule has 0 bridgehead atoms. The highest BCUT2D eigenvalue weighted by molar-refractivity contribution is 14.1. The van der Waals surface area contributed by atoms with E-state index in [0.29, 0.717) is 38.1 Å². The molecule has 5 aromatic rings. The van der Waals surface area contributed by atoms with Crippen molar-refractivity contribution in [2.45, 2.75) is 43.5 Å². The lowest BCUT2D eigenvalue weighted by atomic mass is 9.78. The lowest BCUT2D eigenvalue weighted by Gasteiger charge is -2.32. The Morgan fingerprint density at radius 2 is 1.02 bits per heavy atom. The highest BCUT2D eigenvalue weighted by Crippen LogP contribution is 2.53. The fraction of sp³-hybridized carbons (Fsp3) is 0.333. The molecule has 9 heteroatoms. The van der Waals surface area contributed by atoms with Crippen molar-refractivity contribution >= 4 is 66.7 Å². The van der Waals surface area contributed by atoms with E-state index in [0.717, 1.165) is 108 Å². The Balaban J connectivity index is 1.13. The van der Waals surface area contributed by atoms with E-state index in [1.807, 2.05) is 0 Å². The first-order chi connectivity index (χ1) is 23.6. The molecule has 0 radical (unpaired) electrons. The molecule has 3 fully saturated rings. The number of hydrogen-bond acceptors (Lipinski definition) is 7. The summed E-state index contributed by atoms with van der Waals surface area (Å²) in [5, 5.41) is 4.53. The van der Waals surface area contributed by atoms with Crippen molar-refractivity contribution in [2.24, 2.45) is 0 Å². The van der Waals surface area contributed by atoms with Crippen molar-refractivity contribution in [2.75, 3.05) is 39.6 Å². The van der Waals surface area contributed by atoms with Crippen molar-refractivity contribution in [3.05, 3.63) is 96.6 Å². The summed E-state index contributed by atoms with van der Waals surface area (Å²) in [6, 6.07) is 25.9. The zero-order valence-corrected chi connectivity index (χ0v) is 30.5. The first-order valence-electron chi connectivity index (χ1n) is 16.6. The number of fused-ring (bicyclic) bond motifs is 6. The van der Waals surface area contributed by atoms with Gasteiger partial charge in [-0.3, -0.25) is 0 Å². The zero-order chi connectivity index (χ0) is 32.2. The molecule has 4 aliphatic heterocycles. The minimum atomic E-state index is -0.0790. The average molecular weight is 869 g/mol. The summed E-state index contributed by atoms with van der Waals surface area (Å²) < 4.78 is 43.6. The van der Waals surface area contributed by atoms with E-state index in [1.165, 1.54) is 5.56 Å². The molecule has 3 atom stereocenters. The second-order valence-electron chi connectivity index (χ2n) is 12.8. The van der Waals surface area contributed by atoms with Crippen LogP contribution in [-0.2, 0) is 14.2 Å². The van der Waals surface area contributed by atoms with Crippen molar-refractivity contribution in [3.63, 3.8) is 0 Å². The molecule has 0 N–H and O–H groups in total. The summed E-state index contributed by atoms with van der Waals surface area (Å²) in [4.78, 5) is 0. The molecule has 0 aromatic heterocycles. The third-order valence-electron chi connectivity index (χ3n) is 9.45. The van der Waals surface area contributed by atoms with Gasteiger partial charge in [-0.05, 0) is 121 Å². The molecular weight excluding hydrogens is 834 g/mol. The van der Waals surface area contributed by atoms with Gasteiger partial charge in [0, 0.05) is 36.3 Å². The van der Waals surface area contributed by atoms with Gasteiger partial charge in [0.2, 0.25) is 0 Å². The predicted octanol–water partition coefficient (Wildman–Crippen LogP) is 8.99. The third kappa shape index (κ3) is 6.56. The number of epoxide rings is 3. The van der Waals surface area contributed by atoms with Gasteiger partial charge in [-0.25, -0.2) is 0 Å². The molecule has 246 valence electrons. The Hall–Kier alpha value is -2.84. The summed E-state index contributed by atoms with van der Waals surface area (Å²) >= 11 is 4.85. The fourth-order valence-corrected chi connectivity index (χ4v) is 8.80. The van der Waals surface area contributed by atoms with E-state index >= 15 is 0 Å². The number of benzene rings is 5. The zero-order valence-electron chi connectivity index (χ0n) is 26.2.